The molecule has 7 aromatic heterocycles. The van der Waals surface area contributed by atoms with Crippen molar-refractivity contribution in [2.75, 3.05) is 21.3 Å². The topological polar surface area (TPSA) is 225 Å². The fourth-order valence-corrected chi connectivity index (χ4v) is 8.15. The fraction of sp³-hybridized carbons (Fsp3) is 0. The van der Waals surface area contributed by atoms with Gasteiger partial charge < -0.3 is 31.2 Å². The average molecular weight is 943 g/mol. The van der Waals surface area contributed by atoms with E-state index in [1.807, 2.05) is 109 Å². The highest BCUT2D eigenvalue weighted by Gasteiger charge is 2.18. The van der Waals surface area contributed by atoms with E-state index in [0.717, 1.165) is 67.1 Å². The van der Waals surface area contributed by atoms with Gasteiger partial charge in [-0.15, -0.1) is 0 Å². The third-order valence-corrected chi connectivity index (χ3v) is 11.6. The third-order valence-electron chi connectivity index (χ3n) is 11.6. The molecular formula is C56H38N12O4. The molecule has 9 aromatic rings. The van der Waals surface area contributed by atoms with Gasteiger partial charge in [-0.25, -0.2) is 19.9 Å². The van der Waals surface area contributed by atoms with Gasteiger partial charge in [-0.2, -0.15) is 0 Å². The first-order valence-corrected chi connectivity index (χ1v) is 22.6. The molecule has 0 saturated carbocycles. The molecule has 0 fully saturated rings. The number of anilines is 4. The van der Waals surface area contributed by atoms with Gasteiger partial charge in [-0.3, -0.25) is 29.1 Å². The summed E-state index contributed by atoms with van der Waals surface area (Å²) < 4.78 is 0. The van der Waals surface area contributed by atoms with E-state index in [1.165, 1.54) is 0 Å². The monoisotopic (exact) mass is 942 g/mol. The lowest BCUT2D eigenvalue weighted by atomic mass is 10.0. The molecule has 2 aliphatic rings. The Morgan fingerprint density at radius 3 is 1.07 bits per heavy atom. The number of nitrogens with one attached hydrogen (secondary N) is 6. The molecule has 346 valence electrons. The number of fused-ring (bicyclic) bond motifs is 8. The zero-order valence-corrected chi connectivity index (χ0v) is 37.8. The Balaban J connectivity index is 0.860. The predicted molar refractivity (Wildman–Crippen MR) is 278 cm³/mol. The van der Waals surface area contributed by atoms with E-state index in [1.54, 1.807) is 85.5 Å². The van der Waals surface area contributed by atoms with Gasteiger partial charge in [0.05, 0.1) is 22.8 Å². The van der Waals surface area contributed by atoms with Crippen LogP contribution in [0, 0.1) is 0 Å². The van der Waals surface area contributed by atoms with Crippen LogP contribution in [0.25, 0.3) is 68.6 Å². The SMILES string of the molecule is O=C(Nc1ccncc1)c1cccc(C(=O)Nc2ccc(-c3c4nc(cc5ccc([nH]5)c(-c5ccc(NC(=O)c6cccc(C(=O)Nc7ccncc7)n6)cc5)c5nc(cc6ccc3[nH]6)C=C5)C=C4)cc2)n1. The van der Waals surface area contributed by atoms with Gasteiger partial charge in [0.25, 0.3) is 23.6 Å². The van der Waals surface area contributed by atoms with Crippen molar-refractivity contribution in [1.82, 2.24) is 39.9 Å². The molecule has 2 aromatic carbocycles. The molecule has 0 spiro atoms. The van der Waals surface area contributed by atoms with Crippen molar-refractivity contribution >= 4 is 92.7 Å². The molecule has 4 amide bonds. The summed E-state index contributed by atoms with van der Waals surface area (Å²) in [7, 11) is 0. The number of hydrogen-bond donors (Lipinski definition) is 6. The average Bonchev–Trinajstić information content (AvgIpc) is 4.26. The first-order chi connectivity index (χ1) is 35.2. The second-order valence-electron chi connectivity index (χ2n) is 16.5. The van der Waals surface area contributed by atoms with Crippen LogP contribution in [0.5, 0.6) is 0 Å². The van der Waals surface area contributed by atoms with Crippen LogP contribution >= 0.6 is 0 Å². The van der Waals surface area contributed by atoms with Crippen LogP contribution in [0.1, 0.15) is 64.7 Å². The Hall–Kier alpha value is -10.5. The molecule has 0 aliphatic carbocycles. The molecule has 8 bridgehead atoms. The largest absolute Gasteiger partial charge is 0.355 e. The molecule has 0 atom stereocenters. The Morgan fingerprint density at radius 1 is 0.361 bits per heavy atom. The van der Waals surface area contributed by atoms with E-state index >= 15 is 0 Å². The van der Waals surface area contributed by atoms with Crippen LogP contribution in [-0.2, 0) is 0 Å². The molecule has 11 rings (SSSR count). The van der Waals surface area contributed by atoms with Crippen molar-refractivity contribution in [3.05, 3.63) is 216 Å². The number of benzene rings is 2. The number of carbonyl (C=O) groups is 4. The third kappa shape index (κ3) is 9.63. The Morgan fingerprint density at radius 2 is 0.708 bits per heavy atom. The van der Waals surface area contributed by atoms with Crippen molar-refractivity contribution in [3.8, 4) is 22.3 Å². The number of amides is 4. The van der Waals surface area contributed by atoms with E-state index in [9.17, 15) is 19.2 Å². The molecule has 0 unspecified atom stereocenters. The summed E-state index contributed by atoms with van der Waals surface area (Å²) in [4.78, 5) is 86.2. The summed E-state index contributed by atoms with van der Waals surface area (Å²) in [6.45, 7) is 0. The van der Waals surface area contributed by atoms with Crippen LogP contribution in [0.4, 0.5) is 22.7 Å². The van der Waals surface area contributed by atoms with Crippen LogP contribution in [0.3, 0.4) is 0 Å². The van der Waals surface area contributed by atoms with Gasteiger partial charge >= 0.3 is 0 Å². The van der Waals surface area contributed by atoms with E-state index in [0.29, 0.717) is 22.7 Å². The van der Waals surface area contributed by atoms with Crippen LogP contribution in [0.2, 0.25) is 0 Å². The minimum Gasteiger partial charge on any atom is -0.355 e. The van der Waals surface area contributed by atoms with Gasteiger partial charge in [-0.1, -0.05) is 36.4 Å². The normalized spacial score (nSPS) is 11.4. The maximum Gasteiger partial charge on any atom is 0.274 e. The van der Waals surface area contributed by atoms with E-state index in [-0.39, 0.29) is 22.8 Å². The molecule has 72 heavy (non-hydrogen) atoms. The fourth-order valence-electron chi connectivity index (χ4n) is 8.15. The van der Waals surface area contributed by atoms with E-state index in [4.69, 9.17) is 9.97 Å². The molecular weight excluding hydrogens is 905 g/mol. The van der Waals surface area contributed by atoms with Crippen molar-refractivity contribution in [1.29, 1.82) is 0 Å². The lowest BCUT2D eigenvalue weighted by molar-refractivity contribution is 0.0998. The zero-order valence-electron chi connectivity index (χ0n) is 37.8. The van der Waals surface area contributed by atoms with Crippen LogP contribution in [-0.4, -0.2) is 63.5 Å². The first-order valence-electron chi connectivity index (χ1n) is 22.6. The van der Waals surface area contributed by atoms with Crippen LogP contribution in [0.15, 0.2) is 170 Å². The summed E-state index contributed by atoms with van der Waals surface area (Å²) in [6.07, 6.45) is 14.1. The second-order valence-corrected chi connectivity index (χ2v) is 16.5. The molecule has 0 saturated heterocycles. The zero-order chi connectivity index (χ0) is 49.0. The van der Waals surface area contributed by atoms with Crippen molar-refractivity contribution in [3.63, 3.8) is 0 Å². The summed E-state index contributed by atoms with van der Waals surface area (Å²) >= 11 is 0. The summed E-state index contributed by atoms with van der Waals surface area (Å²) in [5.74, 6) is -1.83. The van der Waals surface area contributed by atoms with E-state index in [2.05, 4.69) is 51.2 Å². The standard InChI is InChI=1S/C56H38N12O4/c69-53(47-3-1-5-49(67-47)55(71)65-37-23-27-57-28-24-37)63-35-11-7-33(8-12-35)51-43-19-15-39(59-43)31-41-17-21-45(61-41)52(46-22-18-42(62-46)32-40-16-20-44(51)60-40)34-9-13-36(14-10-34)64-54(70)48-4-2-6-50(68-48)56(72)66-38-25-29-58-30-26-38/h1-32,59,62H,(H,63,69)(H,64,70)(H,57,65,71)(H,58,66,72). The molecule has 2 aliphatic heterocycles. The smallest absolute Gasteiger partial charge is 0.274 e. The molecule has 16 nitrogen and oxygen atoms in total. The van der Waals surface area contributed by atoms with Crippen molar-refractivity contribution in [2.45, 2.75) is 0 Å². The quantitative estimate of drug-likeness (QED) is 0.0760. The summed E-state index contributed by atoms with van der Waals surface area (Å²) in [5, 5.41) is 11.3. The lowest BCUT2D eigenvalue weighted by Gasteiger charge is -2.09. The Bertz CT molecular complexity index is 3580. The van der Waals surface area contributed by atoms with Gasteiger partial charge in [0.2, 0.25) is 0 Å². The molecule has 16 heteroatoms. The minimum absolute atomic E-state index is 0.0875. The molecule has 0 radical (unpaired) electrons. The van der Waals surface area contributed by atoms with Crippen LogP contribution < -0.4 is 21.3 Å². The predicted octanol–water partition coefficient (Wildman–Crippen LogP) is 10.6. The van der Waals surface area contributed by atoms with Gasteiger partial charge in [-0.05, 0) is 145 Å². The number of nitrogens with zero attached hydrogens (tertiary/aromatic N) is 6. The van der Waals surface area contributed by atoms with Gasteiger partial charge in [0.15, 0.2) is 0 Å². The van der Waals surface area contributed by atoms with Gasteiger partial charge in [0.1, 0.15) is 22.8 Å². The number of pyridine rings is 4. The van der Waals surface area contributed by atoms with Crippen molar-refractivity contribution in [2.24, 2.45) is 0 Å². The number of carbonyl (C=O) groups excluding carboxylic acids is 4. The molecule has 6 N–H and O–H groups in total. The summed E-state index contributed by atoms with van der Waals surface area (Å²) in [6, 6.07) is 42.9. The number of aromatic nitrogens is 8. The maximum atomic E-state index is 13.4. The lowest BCUT2D eigenvalue weighted by Crippen LogP contribution is -2.18. The number of hydrogen-bond acceptors (Lipinski definition) is 10. The maximum absolute atomic E-state index is 13.4. The van der Waals surface area contributed by atoms with Crippen molar-refractivity contribution < 1.29 is 19.2 Å². The Labute approximate surface area is 409 Å². The van der Waals surface area contributed by atoms with Gasteiger partial charge in [0, 0.05) is 80.7 Å². The second kappa shape index (κ2) is 19.3. The highest BCUT2D eigenvalue weighted by Crippen LogP contribution is 2.33. The summed E-state index contributed by atoms with van der Waals surface area (Å²) in [5.41, 5.74) is 12.2. The number of H-pyrrole nitrogens is 2. The number of aromatic amines is 2. The highest BCUT2D eigenvalue weighted by molar-refractivity contribution is 6.07. The first kappa shape index (κ1) is 44.1. The molecule has 9 heterocycles. The Kier molecular flexibility index (Phi) is 11.8. The number of rotatable bonds is 10. The highest BCUT2D eigenvalue weighted by atomic mass is 16.2. The van der Waals surface area contributed by atoms with E-state index < -0.39 is 23.6 Å². The minimum atomic E-state index is -0.467.